The van der Waals surface area contributed by atoms with E-state index >= 15 is 0 Å². The van der Waals surface area contributed by atoms with E-state index in [4.69, 9.17) is 27.1 Å². The average Bonchev–Trinajstić information content (AvgIpc) is 2.81. The van der Waals surface area contributed by atoms with Gasteiger partial charge in [0.25, 0.3) is 0 Å². The number of phosphoric acid groups is 2. The van der Waals surface area contributed by atoms with Gasteiger partial charge in [-0.15, -0.1) is 0 Å². The highest BCUT2D eigenvalue weighted by Gasteiger charge is 2.33. The first-order valence-electron chi connectivity index (χ1n) is 10.8. The summed E-state index contributed by atoms with van der Waals surface area (Å²) in [5.41, 5.74) is 0. The summed E-state index contributed by atoms with van der Waals surface area (Å²) >= 11 is 0. The topological polar surface area (TPSA) is 89.5 Å². The number of para-hydroxylation sites is 3. The standard InChI is InChI=1S/C18H15O4P.C6H15O4P/c19-23(20-16-10-4-1-5-11-16,21-17-12-6-2-7-13-17)22-18-14-8-3-9-15-18;1-4-8-11(7,9-5-2)10-6-3/h1-15H;4-6H2,1-3H3. The Morgan fingerprint density at radius 3 is 0.971 bits per heavy atom. The van der Waals surface area contributed by atoms with Crippen molar-refractivity contribution in [2.24, 2.45) is 0 Å². The molecule has 0 amide bonds. The van der Waals surface area contributed by atoms with Crippen LogP contribution in [0.5, 0.6) is 17.2 Å². The smallest absolute Gasteiger partial charge is 0.386 e. The highest BCUT2D eigenvalue weighted by atomic mass is 31.2. The first-order valence-corrected chi connectivity index (χ1v) is 13.7. The molecule has 0 aliphatic carbocycles. The average molecular weight is 508 g/mol. The third-order valence-corrected chi connectivity index (χ3v) is 6.77. The van der Waals surface area contributed by atoms with Gasteiger partial charge in [-0.1, -0.05) is 54.6 Å². The summed E-state index contributed by atoms with van der Waals surface area (Å²) in [7, 11) is -7.10. The molecule has 0 aliphatic heterocycles. The van der Waals surface area contributed by atoms with Crippen molar-refractivity contribution in [1.29, 1.82) is 0 Å². The summed E-state index contributed by atoms with van der Waals surface area (Å²) in [4.78, 5) is 0. The molecule has 0 bridgehead atoms. The lowest BCUT2D eigenvalue weighted by molar-refractivity contribution is 0.126. The van der Waals surface area contributed by atoms with Gasteiger partial charge in [-0.05, 0) is 57.2 Å². The first kappa shape index (κ1) is 27.6. The van der Waals surface area contributed by atoms with Gasteiger partial charge in [0.15, 0.2) is 0 Å². The van der Waals surface area contributed by atoms with Gasteiger partial charge in [-0.2, -0.15) is 4.57 Å². The quantitative estimate of drug-likeness (QED) is 0.232. The molecule has 3 aromatic carbocycles. The van der Waals surface area contributed by atoms with Crippen LogP contribution in [-0.4, -0.2) is 19.8 Å². The summed E-state index contributed by atoms with van der Waals surface area (Å²) in [5, 5.41) is 0. The maximum absolute atomic E-state index is 13.1. The van der Waals surface area contributed by atoms with E-state index in [0.717, 1.165) is 0 Å². The fraction of sp³-hybridized carbons (Fsp3) is 0.250. The highest BCUT2D eigenvalue weighted by Crippen LogP contribution is 2.50. The summed E-state index contributed by atoms with van der Waals surface area (Å²) < 4.78 is 55.4. The van der Waals surface area contributed by atoms with Crippen LogP contribution in [0.1, 0.15) is 20.8 Å². The first-order chi connectivity index (χ1) is 16.4. The molecule has 0 heterocycles. The number of rotatable bonds is 12. The van der Waals surface area contributed by atoms with Gasteiger partial charge < -0.3 is 13.6 Å². The van der Waals surface area contributed by atoms with Crippen LogP contribution in [0.25, 0.3) is 0 Å². The minimum Gasteiger partial charge on any atom is -0.386 e. The molecule has 34 heavy (non-hydrogen) atoms. The lowest BCUT2D eigenvalue weighted by atomic mass is 10.3. The lowest BCUT2D eigenvalue weighted by Gasteiger charge is -2.19. The Labute approximate surface area is 201 Å². The zero-order valence-corrected chi connectivity index (χ0v) is 21.2. The van der Waals surface area contributed by atoms with Crippen molar-refractivity contribution in [2.45, 2.75) is 20.8 Å². The maximum atomic E-state index is 13.1. The number of hydrogen-bond acceptors (Lipinski definition) is 8. The van der Waals surface area contributed by atoms with Crippen LogP contribution < -0.4 is 13.6 Å². The predicted octanol–water partition coefficient (Wildman–Crippen LogP) is 7.54. The van der Waals surface area contributed by atoms with Crippen molar-refractivity contribution in [3.05, 3.63) is 91.0 Å². The molecule has 0 spiro atoms. The van der Waals surface area contributed by atoms with E-state index in [0.29, 0.717) is 37.1 Å². The highest BCUT2D eigenvalue weighted by molar-refractivity contribution is 7.49. The SMILES string of the molecule is CCOP(=O)(OCC)OCC.O=P(Oc1ccccc1)(Oc1ccccc1)Oc1ccccc1. The van der Waals surface area contributed by atoms with Crippen LogP contribution in [0.15, 0.2) is 91.0 Å². The minimum absolute atomic E-state index is 0.331. The Morgan fingerprint density at radius 2 is 0.735 bits per heavy atom. The Hall–Kier alpha value is -2.60. The third kappa shape index (κ3) is 10.1. The Balaban J connectivity index is 0.000000316. The lowest BCUT2D eigenvalue weighted by Crippen LogP contribution is -2.07. The largest absolute Gasteiger partial charge is 0.647 e. The van der Waals surface area contributed by atoms with E-state index in [2.05, 4.69) is 0 Å². The molecule has 0 saturated carbocycles. The fourth-order valence-corrected chi connectivity index (χ4v) is 4.90. The second-order valence-corrected chi connectivity index (χ2v) is 9.47. The molecule has 3 aromatic rings. The van der Waals surface area contributed by atoms with E-state index in [1.54, 1.807) is 93.6 Å². The van der Waals surface area contributed by atoms with Gasteiger partial charge in [0, 0.05) is 0 Å². The molecule has 184 valence electrons. The van der Waals surface area contributed by atoms with Crippen LogP contribution in [0.3, 0.4) is 0 Å². The van der Waals surface area contributed by atoms with Crippen LogP contribution in [0.4, 0.5) is 0 Å². The zero-order chi connectivity index (χ0) is 24.7. The van der Waals surface area contributed by atoms with E-state index in [9.17, 15) is 9.13 Å². The van der Waals surface area contributed by atoms with Gasteiger partial charge in [-0.25, -0.2) is 4.57 Å². The Morgan fingerprint density at radius 1 is 0.471 bits per heavy atom. The van der Waals surface area contributed by atoms with E-state index in [1.807, 2.05) is 18.2 Å². The Kier molecular flexibility index (Phi) is 11.9. The van der Waals surface area contributed by atoms with Gasteiger partial charge in [0.1, 0.15) is 17.2 Å². The second kappa shape index (κ2) is 14.6. The zero-order valence-electron chi connectivity index (χ0n) is 19.4. The van der Waals surface area contributed by atoms with Gasteiger partial charge in [0.05, 0.1) is 19.8 Å². The molecule has 0 saturated heterocycles. The van der Waals surface area contributed by atoms with Crippen LogP contribution in [0.2, 0.25) is 0 Å². The number of hydrogen-bond donors (Lipinski definition) is 0. The fourth-order valence-electron chi connectivity index (χ4n) is 2.47. The monoisotopic (exact) mass is 508 g/mol. The maximum Gasteiger partial charge on any atom is 0.647 e. The molecular weight excluding hydrogens is 478 g/mol. The summed E-state index contributed by atoms with van der Waals surface area (Å²) in [6.45, 7) is 6.21. The molecule has 0 radical (unpaired) electrons. The van der Waals surface area contributed by atoms with Gasteiger partial charge in [0.2, 0.25) is 0 Å². The summed E-state index contributed by atoms with van der Waals surface area (Å²) in [6, 6.07) is 26.4. The van der Waals surface area contributed by atoms with E-state index in [1.165, 1.54) is 0 Å². The van der Waals surface area contributed by atoms with Crippen molar-refractivity contribution < 1.29 is 36.3 Å². The molecule has 0 fully saturated rings. The van der Waals surface area contributed by atoms with Crippen molar-refractivity contribution in [3.8, 4) is 17.2 Å². The number of phosphoric ester groups is 2. The minimum atomic E-state index is -3.89. The van der Waals surface area contributed by atoms with E-state index < -0.39 is 15.6 Å². The predicted molar refractivity (Wildman–Crippen MR) is 131 cm³/mol. The molecule has 0 unspecified atom stereocenters. The Bertz CT molecular complexity index is 901. The van der Waals surface area contributed by atoms with E-state index in [-0.39, 0.29) is 0 Å². The molecule has 0 atom stereocenters. The molecule has 0 aliphatic rings. The molecule has 8 nitrogen and oxygen atoms in total. The molecular formula is C24H30O8P2. The van der Waals surface area contributed by atoms with Crippen molar-refractivity contribution in [3.63, 3.8) is 0 Å². The van der Waals surface area contributed by atoms with Crippen molar-refractivity contribution in [2.75, 3.05) is 19.8 Å². The van der Waals surface area contributed by atoms with Crippen molar-refractivity contribution >= 4 is 15.6 Å². The molecule has 0 N–H and O–H groups in total. The third-order valence-electron chi connectivity index (χ3n) is 3.74. The molecule has 0 aromatic heterocycles. The molecule has 10 heteroatoms. The van der Waals surface area contributed by atoms with Crippen molar-refractivity contribution in [1.82, 2.24) is 0 Å². The molecule has 3 rings (SSSR count). The van der Waals surface area contributed by atoms with Gasteiger partial charge in [-0.3, -0.25) is 13.6 Å². The normalized spacial score (nSPS) is 11.1. The number of benzene rings is 3. The van der Waals surface area contributed by atoms with Gasteiger partial charge >= 0.3 is 15.6 Å². The summed E-state index contributed by atoms with van der Waals surface area (Å²) in [6.07, 6.45) is 0. The van der Waals surface area contributed by atoms with Crippen LogP contribution in [0, 0.1) is 0 Å². The van der Waals surface area contributed by atoms with Crippen LogP contribution >= 0.6 is 15.6 Å². The second-order valence-electron chi connectivity index (χ2n) is 6.36. The summed E-state index contributed by atoms with van der Waals surface area (Å²) in [5.74, 6) is 1.22. The van der Waals surface area contributed by atoms with Crippen LogP contribution in [-0.2, 0) is 22.7 Å².